The number of thiophene rings is 1. The van der Waals surface area contributed by atoms with E-state index in [4.69, 9.17) is 9.72 Å². The molecule has 4 bridgehead atoms. The van der Waals surface area contributed by atoms with E-state index in [9.17, 15) is 4.79 Å². The predicted octanol–water partition coefficient (Wildman–Crippen LogP) is 4.80. The summed E-state index contributed by atoms with van der Waals surface area (Å²) >= 11 is 1.76. The van der Waals surface area contributed by atoms with Crippen LogP contribution in [-0.4, -0.2) is 50.3 Å². The third-order valence-electron chi connectivity index (χ3n) is 7.90. The third kappa shape index (κ3) is 3.77. The standard InChI is InChI=1S/C26H31N5O2S/c1-15-6-21(16(2)34-15)23-4-5-27-26(29-23)31-24(14-33-3)22(12-28-31)25(32)30-13-19-8-17-7-18(9-19)11-20(30)10-17/h4-6,12,17-20H,7-11,13-14H2,1-3H3/t17-,18-,19?,20?/m1/s1. The molecule has 4 fully saturated rings. The minimum Gasteiger partial charge on any atom is -0.378 e. The van der Waals surface area contributed by atoms with E-state index >= 15 is 0 Å². The molecule has 0 aromatic carbocycles. The molecule has 2 aliphatic carbocycles. The Bertz CT molecular complexity index is 1220. The summed E-state index contributed by atoms with van der Waals surface area (Å²) in [6, 6.07) is 4.43. The summed E-state index contributed by atoms with van der Waals surface area (Å²) in [7, 11) is 1.65. The van der Waals surface area contributed by atoms with Crippen molar-refractivity contribution in [3.05, 3.63) is 45.5 Å². The van der Waals surface area contributed by atoms with Crippen LogP contribution in [0.2, 0.25) is 0 Å². The fourth-order valence-electron chi connectivity index (χ4n) is 6.67. The highest BCUT2D eigenvalue weighted by molar-refractivity contribution is 7.12. The second-order valence-electron chi connectivity index (χ2n) is 10.3. The summed E-state index contributed by atoms with van der Waals surface area (Å²) in [4.78, 5) is 27.8. The van der Waals surface area contributed by atoms with Crippen LogP contribution in [-0.2, 0) is 11.3 Å². The molecule has 7 rings (SSSR count). The van der Waals surface area contributed by atoms with Gasteiger partial charge in [0, 0.05) is 41.2 Å². The molecule has 7 nitrogen and oxygen atoms in total. The van der Waals surface area contributed by atoms with Crippen LogP contribution in [0, 0.1) is 31.6 Å². The van der Waals surface area contributed by atoms with Crippen LogP contribution in [0.4, 0.5) is 0 Å². The van der Waals surface area contributed by atoms with Gasteiger partial charge in [0.15, 0.2) is 0 Å². The van der Waals surface area contributed by atoms with E-state index in [1.807, 2.05) is 6.07 Å². The van der Waals surface area contributed by atoms with Gasteiger partial charge in [-0.2, -0.15) is 9.78 Å². The Morgan fingerprint density at radius 1 is 1.15 bits per heavy atom. The van der Waals surface area contributed by atoms with Crippen LogP contribution < -0.4 is 0 Å². The van der Waals surface area contributed by atoms with Gasteiger partial charge in [-0.25, -0.2) is 9.97 Å². The molecule has 0 unspecified atom stereocenters. The molecule has 8 heteroatoms. The Balaban J connectivity index is 1.35. The second-order valence-corrected chi connectivity index (χ2v) is 11.8. The highest BCUT2D eigenvalue weighted by Gasteiger charge is 2.44. The van der Waals surface area contributed by atoms with Crippen molar-refractivity contribution in [3.63, 3.8) is 0 Å². The first-order valence-corrected chi connectivity index (χ1v) is 13.1. The summed E-state index contributed by atoms with van der Waals surface area (Å²) < 4.78 is 7.19. The molecular weight excluding hydrogens is 446 g/mol. The lowest BCUT2D eigenvalue weighted by molar-refractivity contribution is 0.0628. The summed E-state index contributed by atoms with van der Waals surface area (Å²) in [5.41, 5.74) is 3.30. The van der Waals surface area contributed by atoms with E-state index < -0.39 is 0 Å². The zero-order valence-corrected chi connectivity index (χ0v) is 20.8. The number of methoxy groups -OCH3 is 1. The lowest BCUT2D eigenvalue weighted by Gasteiger charge is -2.39. The maximum absolute atomic E-state index is 13.9. The Morgan fingerprint density at radius 3 is 2.62 bits per heavy atom. The smallest absolute Gasteiger partial charge is 0.257 e. The molecule has 4 aliphatic rings. The van der Waals surface area contributed by atoms with Gasteiger partial charge in [-0.05, 0) is 75.8 Å². The Labute approximate surface area is 204 Å². The molecule has 3 aromatic heterocycles. The van der Waals surface area contributed by atoms with Gasteiger partial charge in [-0.1, -0.05) is 0 Å². The molecule has 178 valence electrons. The molecule has 0 spiro atoms. The Kier molecular flexibility index (Phi) is 5.53. The van der Waals surface area contributed by atoms with Crippen LogP contribution in [0.3, 0.4) is 0 Å². The van der Waals surface area contributed by atoms with Gasteiger partial charge in [0.1, 0.15) is 0 Å². The summed E-state index contributed by atoms with van der Waals surface area (Å²) in [5, 5.41) is 4.58. The molecule has 2 saturated heterocycles. The third-order valence-corrected chi connectivity index (χ3v) is 8.86. The fraction of sp³-hybridized carbons (Fsp3) is 0.538. The second kappa shape index (κ2) is 8.57. The zero-order chi connectivity index (χ0) is 23.4. The maximum atomic E-state index is 13.9. The number of nitrogens with zero attached hydrogens (tertiary/aromatic N) is 5. The number of carbonyl (C=O) groups excluding carboxylic acids is 1. The number of amides is 1. The number of hydrogen-bond acceptors (Lipinski definition) is 6. The van der Waals surface area contributed by atoms with Gasteiger partial charge in [0.25, 0.3) is 11.9 Å². The van der Waals surface area contributed by atoms with Crippen molar-refractivity contribution in [2.24, 2.45) is 17.8 Å². The van der Waals surface area contributed by atoms with E-state index in [-0.39, 0.29) is 12.5 Å². The molecular formula is C26H31N5O2S. The van der Waals surface area contributed by atoms with Crippen molar-refractivity contribution >= 4 is 17.2 Å². The first-order chi connectivity index (χ1) is 16.5. The van der Waals surface area contributed by atoms with Crippen molar-refractivity contribution in [1.29, 1.82) is 0 Å². The lowest BCUT2D eigenvalue weighted by Crippen LogP contribution is -2.42. The van der Waals surface area contributed by atoms with Crippen LogP contribution in [0.15, 0.2) is 24.5 Å². The number of aryl methyl sites for hydroxylation is 2. The highest BCUT2D eigenvalue weighted by atomic mass is 32.1. The molecule has 3 aromatic rings. The van der Waals surface area contributed by atoms with Crippen molar-refractivity contribution in [1.82, 2.24) is 24.6 Å². The molecule has 2 aliphatic heterocycles. The number of ether oxygens (including phenoxy) is 1. The van der Waals surface area contributed by atoms with Crippen molar-refractivity contribution < 1.29 is 9.53 Å². The Morgan fingerprint density at radius 2 is 1.91 bits per heavy atom. The van der Waals surface area contributed by atoms with Crippen molar-refractivity contribution in [2.75, 3.05) is 13.7 Å². The molecule has 34 heavy (non-hydrogen) atoms. The molecule has 2 atom stereocenters. The highest BCUT2D eigenvalue weighted by Crippen LogP contribution is 2.47. The van der Waals surface area contributed by atoms with Gasteiger partial charge in [0.2, 0.25) is 0 Å². The van der Waals surface area contributed by atoms with Crippen LogP contribution >= 0.6 is 11.3 Å². The van der Waals surface area contributed by atoms with E-state index in [2.05, 4.69) is 34.9 Å². The predicted molar refractivity (Wildman–Crippen MR) is 131 cm³/mol. The topological polar surface area (TPSA) is 73.1 Å². The molecule has 1 amide bonds. The van der Waals surface area contributed by atoms with Crippen LogP contribution in [0.1, 0.15) is 57.9 Å². The van der Waals surface area contributed by atoms with E-state index in [1.54, 1.807) is 35.5 Å². The number of rotatable bonds is 5. The first-order valence-electron chi connectivity index (χ1n) is 12.3. The van der Waals surface area contributed by atoms with Gasteiger partial charge in [-0.3, -0.25) is 4.79 Å². The van der Waals surface area contributed by atoms with Crippen molar-refractivity contribution in [2.45, 2.75) is 58.6 Å². The largest absolute Gasteiger partial charge is 0.378 e. The Hall–Kier alpha value is -2.58. The summed E-state index contributed by atoms with van der Waals surface area (Å²) in [5.74, 6) is 2.77. The van der Waals surface area contributed by atoms with Crippen molar-refractivity contribution in [3.8, 4) is 17.2 Å². The van der Waals surface area contributed by atoms with E-state index in [1.165, 1.54) is 29.0 Å². The quantitative estimate of drug-likeness (QED) is 0.528. The summed E-state index contributed by atoms with van der Waals surface area (Å²) in [6.07, 6.45) is 9.66. The van der Waals surface area contributed by atoms with Gasteiger partial charge in [0.05, 0.1) is 29.8 Å². The maximum Gasteiger partial charge on any atom is 0.257 e. The number of aromatic nitrogens is 4. The average molecular weight is 478 g/mol. The lowest BCUT2D eigenvalue weighted by atomic mass is 9.68. The fourth-order valence-corrected chi connectivity index (χ4v) is 7.61. The molecule has 2 saturated carbocycles. The first kappa shape index (κ1) is 21.9. The number of carbonyl (C=O) groups is 1. The molecule has 5 heterocycles. The van der Waals surface area contributed by atoms with Gasteiger partial charge < -0.3 is 9.64 Å². The normalized spacial score (nSPS) is 25.7. The minimum atomic E-state index is 0.0805. The zero-order valence-electron chi connectivity index (χ0n) is 20.0. The van der Waals surface area contributed by atoms with Crippen LogP contribution in [0.5, 0.6) is 0 Å². The van der Waals surface area contributed by atoms with E-state index in [0.29, 0.717) is 29.2 Å². The van der Waals surface area contributed by atoms with Gasteiger partial charge in [-0.15, -0.1) is 11.3 Å². The molecule has 0 N–H and O–H groups in total. The SMILES string of the molecule is COCc1c(C(=O)N2CC3C[C@@H]4CC2C[C@@H](C3)C4)cnn1-c1nccc(-c2cc(C)sc2C)n1. The molecule has 0 radical (unpaired) electrons. The minimum absolute atomic E-state index is 0.0805. The monoisotopic (exact) mass is 477 g/mol. The summed E-state index contributed by atoms with van der Waals surface area (Å²) in [6.45, 7) is 5.36. The number of hydrogen-bond donors (Lipinski definition) is 0. The van der Waals surface area contributed by atoms with E-state index in [0.717, 1.165) is 42.5 Å². The van der Waals surface area contributed by atoms with Crippen LogP contribution in [0.25, 0.3) is 17.2 Å². The number of fused-ring (bicyclic) bond motifs is 1. The van der Waals surface area contributed by atoms with Gasteiger partial charge >= 0.3 is 0 Å². The average Bonchev–Trinajstić information content (AvgIpc) is 3.32.